The first kappa shape index (κ1) is 20.0. The number of hydrogen-bond acceptors (Lipinski definition) is 5. The van der Waals surface area contributed by atoms with Gasteiger partial charge in [-0.05, 0) is 61.9 Å². The molecule has 2 heterocycles. The predicted octanol–water partition coefficient (Wildman–Crippen LogP) is 4.37. The smallest absolute Gasteiger partial charge is 0.147 e. The number of allylic oxidation sites excluding steroid dienone is 1. The SMILES string of the molecule is CC(C)Oc1ccc(-c2cc(C3(C(O)Cc4ccccc4)C=CC=N3)ncn2)cc1. The highest BCUT2D eigenvalue weighted by Gasteiger charge is 2.40. The van der Waals surface area contributed by atoms with Crippen molar-refractivity contribution in [3.05, 3.63) is 90.4 Å². The molecule has 1 aliphatic heterocycles. The standard InChI is InChI=1S/C25H25N3O2/c1-18(2)30-21-11-9-20(10-12-21)22-16-23(27-17-26-22)25(13-6-14-28-25)24(29)15-19-7-4-3-5-8-19/h3-14,16-18,24,29H,15H2,1-2H3. The zero-order chi connectivity index (χ0) is 21.0. The number of aliphatic hydroxyl groups excluding tert-OH is 1. The summed E-state index contributed by atoms with van der Waals surface area (Å²) < 4.78 is 5.72. The summed E-state index contributed by atoms with van der Waals surface area (Å²) in [5.41, 5.74) is 2.53. The van der Waals surface area contributed by atoms with Gasteiger partial charge in [0.2, 0.25) is 0 Å². The van der Waals surface area contributed by atoms with Gasteiger partial charge < -0.3 is 9.84 Å². The fourth-order valence-corrected chi connectivity index (χ4v) is 3.62. The summed E-state index contributed by atoms with van der Waals surface area (Å²) in [6, 6.07) is 19.6. The number of aliphatic imine (C=N–C) groups is 1. The van der Waals surface area contributed by atoms with Crippen LogP contribution in [0.4, 0.5) is 0 Å². The van der Waals surface area contributed by atoms with Crippen LogP contribution in [-0.4, -0.2) is 33.5 Å². The summed E-state index contributed by atoms with van der Waals surface area (Å²) >= 11 is 0. The Morgan fingerprint density at radius 1 is 1.00 bits per heavy atom. The molecule has 0 saturated carbocycles. The normalized spacial score (nSPS) is 18.7. The summed E-state index contributed by atoms with van der Waals surface area (Å²) in [5.74, 6) is 0.820. The van der Waals surface area contributed by atoms with Crippen molar-refractivity contribution in [1.29, 1.82) is 0 Å². The molecule has 0 fully saturated rings. The van der Waals surface area contributed by atoms with Gasteiger partial charge in [0, 0.05) is 18.2 Å². The van der Waals surface area contributed by atoms with Gasteiger partial charge in [0.1, 0.15) is 17.6 Å². The molecule has 2 unspecified atom stereocenters. The van der Waals surface area contributed by atoms with E-state index in [0.717, 1.165) is 22.6 Å². The fraction of sp³-hybridized carbons (Fsp3) is 0.240. The van der Waals surface area contributed by atoms with Crippen LogP contribution in [0.5, 0.6) is 5.75 Å². The van der Waals surface area contributed by atoms with Gasteiger partial charge in [-0.2, -0.15) is 0 Å². The van der Waals surface area contributed by atoms with E-state index in [2.05, 4.69) is 15.0 Å². The fourth-order valence-electron chi connectivity index (χ4n) is 3.62. The Kier molecular flexibility index (Phi) is 5.72. The maximum absolute atomic E-state index is 11.1. The minimum atomic E-state index is -0.922. The van der Waals surface area contributed by atoms with Crippen LogP contribution in [0.2, 0.25) is 0 Å². The molecule has 152 valence electrons. The molecular formula is C25H25N3O2. The Labute approximate surface area is 176 Å². The molecule has 0 amide bonds. The van der Waals surface area contributed by atoms with Gasteiger partial charge in [0.25, 0.3) is 0 Å². The lowest BCUT2D eigenvalue weighted by molar-refractivity contribution is 0.109. The monoisotopic (exact) mass is 399 g/mol. The lowest BCUT2D eigenvalue weighted by atomic mass is 9.85. The van der Waals surface area contributed by atoms with Crippen LogP contribution in [-0.2, 0) is 12.0 Å². The van der Waals surface area contributed by atoms with Crippen LogP contribution in [0.25, 0.3) is 11.3 Å². The van der Waals surface area contributed by atoms with Crippen molar-refractivity contribution in [3.8, 4) is 17.0 Å². The van der Waals surface area contributed by atoms with Crippen LogP contribution < -0.4 is 4.74 Å². The van der Waals surface area contributed by atoms with E-state index in [4.69, 9.17) is 4.74 Å². The maximum atomic E-state index is 11.1. The zero-order valence-electron chi connectivity index (χ0n) is 17.1. The average molecular weight is 399 g/mol. The van der Waals surface area contributed by atoms with Crippen molar-refractivity contribution in [2.24, 2.45) is 4.99 Å². The third-order valence-electron chi connectivity index (χ3n) is 5.10. The van der Waals surface area contributed by atoms with Crippen molar-refractivity contribution in [1.82, 2.24) is 9.97 Å². The van der Waals surface area contributed by atoms with Gasteiger partial charge in [-0.1, -0.05) is 30.3 Å². The highest BCUT2D eigenvalue weighted by molar-refractivity contribution is 5.76. The van der Waals surface area contributed by atoms with E-state index in [1.54, 1.807) is 6.21 Å². The number of aromatic nitrogens is 2. The molecule has 0 saturated heterocycles. The summed E-state index contributed by atoms with van der Waals surface area (Å²) in [4.78, 5) is 13.5. The van der Waals surface area contributed by atoms with Gasteiger partial charge in [-0.3, -0.25) is 4.99 Å². The topological polar surface area (TPSA) is 67.6 Å². The van der Waals surface area contributed by atoms with Gasteiger partial charge in [0.15, 0.2) is 0 Å². The van der Waals surface area contributed by atoms with Crippen molar-refractivity contribution >= 4 is 6.21 Å². The second kappa shape index (κ2) is 8.59. The van der Waals surface area contributed by atoms with Gasteiger partial charge in [-0.25, -0.2) is 9.97 Å². The van der Waals surface area contributed by atoms with Crippen molar-refractivity contribution in [3.63, 3.8) is 0 Å². The molecule has 0 bridgehead atoms. The van der Waals surface area contributed by atoms with Crippen molar-refractivity contribution < 1.29 is 9.84 Å². The minimum Gasteiger partial charge on any atom is -0.491 e. The van der Waals surface area contributed by atoms with Gasteiger partial charge in [-0.15, -0.1) is 0 Å². The Balaban J connectivity index is 1.64. The Morgan fingerprint density at radius 3 is 2.43 bits per heavy atom. The molecule has 2 atom stereocenters. The van der Waals surface area contributed by atoms with Crippen LogP contribution >= 0.6 is 0 Å². The molecule has 30 heavy (non-hydrogen) atoms. The number of benzene rings is 2. The molecule has 5 nitrogen and oxygen atoms in total. The quantitative estimate of drug-likeness (QED) is 0.641. The summed E-state index contributed by atoms with van der Waals surface area (Å²) in [6.07, 6.45) is 6.86. The molecule has 0 radical (unpaired) electrons. The number of hydrogen-bond donors (Lipinski definition) is 1. The molecule has 0 aliphatic carbocycles. The summed E-state index contributed by atoms with van der Waals surface area (Å²) in [7, 11) is 0. The van der Waals surface area contributed by atoms with Gasteiger partial charge in [0.05, 0.1) is 23.6 Å². The first-order chi connectivity index (χ1) is 14.6. The van der Waals surface area contributed by atoms with E-state index in [0.29, 0.717) is 12.1 Å². The Hall–Kier alpha value is -3.31. The summed E-state index contributed by atoms with van der Waals surface area (Å²) in [6.45, 7) is 4.00. The lowest BCUT2D eigenvalue weighted by Crippen LogP contribution is -2.37. The Bertz CT molecular complexity index is 1030. The second-order valence-corrected chi connectivity index (χ2v) is 7.65. The zero-order valence-corrected chi connectivity index (χ0v) is 17.1. The number of nitrogens with zero attached hydrogens (tertiary/aromatic N) is 3. The van der Waals surface area contributed by atoms with E-state index in [1.807, 2.05) is 86.7 Å². The Morgan fingerprint density at radius 2 is 1.77 bits per heavy atom. The van der Waals surface area contributed by atoms with Crippen molar-refractivity contribution in [2.45, 2.75) is 38.0 Å². The molecule has 5 heteroatoms. The molecule has 4 rings (SSSR count). The van der Waals surface area contributed by atoms with Crippen molar-refractivity contribution in [2.75, 3.05) is 0 Å². The third-order valence-corrected chi connectivity index (χ3v) is 5.10. The van der Waals surface area contributed by atoms with Crippen LogP contribution in [0.15, 0.2) is 84.1 Å². The largest absolute Gasteiger partial charge is 0.491 e. The molecule has 1 aromatic heterocycles. The highest BCUT2D eigenvalue weighted by atomic mass is 16.5. The van der Waals surface area contributed by atoms with Crippen LogP contribution in [0.3, 0.4) is 0 Å². The first-order valence-electron chi connectivity index (χ1n) is 10.1. The van der Waals surface area contributed by atoms with Crippen LogP contribution in [0.1, 0.15) is 25.1 Å². The second-order valence-electron chi connectivity index (χ2n) is 7.65. The molecule has 0 spiro atoms. The summed E-state index contributed by atoms with van der Waals surface area (Å²) in [5, 5.41) is 11.1. The number of ether oxygens (including phenoxy) is 1. The van der Waals surface area contributed by atoms with Gasteiger partial charge >= 0.3 is 0 Å². The van der Waals surface area contributed by atoms with E-state index >= 15 is 0 Å². The highest BCUT2D eigenvalue weighted by Crippen LogP contribution is 2.35. The molecule has 1 aliphatic rings. The molecule has 3 aromatic rings. The van der Waals surface area contributed by atoms with Crippen LogP contribution in [0, 0.1) is 0 Å². The molecule has 1 N–H and O–H groups in total. The first-order valence-corrected chi connectivity index (χ1v) is 10.1. The predicted molar refractivity (Wildman–Crippen MR) is 119 cm³/mol. The van der Waals surface area contributed by atoms with E-state index in [-0.39, 0.29) is 6.10 Å². The van der Waals surface area contributed by atoms with E-state index < -0.39 is 11.6 Å². The number of aliphatic hydroxyl groups is 1. The third kappa shape index (κ3) is 4.16. The number of rotatable bonds is 7. The lowest BCUT2D eigenvalue weighted by Gasteiger charge is -2.29. The van der Waals surface area contributed by atoms with E-state index in [9.17, 15) is 5.11 Å². The average Bonchev–Trinajstić information content (AvgIpc) is 3.26. The van der Waals surface area contributed by atoms with E-state index in [1.165, 1.54) is 6.33 Å². The molecule has 2 aromatic carbocycles. The molecular weight excluding hydrogens is 374 g/mol. The minimum absolute atomic E-state index is 0.125. The maximum Gasteiger partial charge on any atom is 0.147 e.